The summed E-state index contributed by atoms with van der Waals surface area (Å²) in [5.74, 6) is -0.335. The second kappa shape index (κ2) is 6.93. The average molecular weight is 267 g/mol. The van der Waals surface area contributed by atoms with Crippen LogP contribution in [-0.2, 0) is 24.1 Å². The summed E-state index contributed by atoms with van der Waals surface area (Å²) in [5.41, 5.74) is 0. The lowest BCUT2D eigenvalue weighted by Gasteiger charge is -2.22. The third-order valence-electron chi connectivity index (χ3n) is 2.38. The van der Waals surface area contributed by atoms with Gasteiger partial charge in [0, 0.05) is 19.9 Å². The van der Waals surface area contributed by atoms with Crippen LogP contribution in [0.3, 0.4) is 0 Å². The Labute approximate surface area is 103 Å². The molecule has 0 heterocycles. The SMILES string of the molecule is COCCOCC(=O)NCC(C)(C)S(C)(=O)=O. The van der Waals surface area contributed by atoms with Gasteiger partial charge in [-0.05, 0) is 13.8 Å². The fourth-order valence-corrected chi connectivity index (χ4v) is 1.14. The Bertz CT molecular complexity index is 337. The van der Waals surface area contributed by atoms with E-state index in [4.69, 9.17) is 9.47 Å². The van der Waals surface area contributed by atoms with E-state index < -0.39 is 14.6 Å². The number of rotatable bonds is 8. The molecule has 7 heteroatoms. The minimum absolute atomic E-state index is 0.0678. The maximum atomic E-state index is 11.4. The zero-order valence-electron chi connectivity index (χ0n) is 10.8. The van der Waals surface area contributed by atoms with Gasteiger partial charge in [-0.25, -0.2) is 8.42 Å². The lowest BCUT2D eigenvalue weighted by Crippen LogP contribution is -2.44. The van der Waals surface area contributed by atoms with Gasteiger partial charge in [0.1, 0.15) is 6.61 Å². The molecule has 0 saturated heterocycles. The number of carbonyl (C=O) groups is 1. The Morgan fingerprint density at radius 2 is 1.88 bits per heavy atom. The number of nitrogens with one attached hydrogen (secondary N) is 1. The van der Waals surface area contributed by atoms with Gasteiger partial charge in [-0.3, -0.25) is 4.79 Å². The number of hydrogen-bond acceptors (Lipinski definition) is 5. The van der Waals surface area contributed by atoms with Crippen LogP contribution in [0.4, 0.5) is 0 Å². The molecule has 0 fully saturated rings. The van der Waals surface area contributed by atoms with Gasteiger partial charge >= 0.3 is 0 Å². The van der Waals surface area contributed by atoms with E-state index in [0.717, 1.165) is 6.26 Å². The third kappa shape index (κ3) is 6.60. The smallest absolute Gasteiger partial charge is 0.246 e. The number of sulfone groups is 1. The molecular weight excluding hydrogens is 246 g/mol. The summed E-state index contributed by atoms with van der Waals surface area (Å²) in [7, 11) is -1.66. The highest BCUT2D eigenvalue weighted by Gasteiger charge is 2.30. The van der Waals surface area contributed by atoms with Crippen molar-refractivity contribution in [2.24, 2.45) is 0 Å². The molecule has 102 valence electrons. The molecule has 0 bridgehead atoms. The summed E-state index contributed by atoms with van der Waals surface area (Å²) < 4.78 is 31.5. The van der Waals surface area contributed by atoms with Crippen molar-refractivity contribution in [1.82, 2.24) is 5.32 Å². The first-order valence-corrected chi connectivity index (χ1v) is 7.13. The van der Waals surface area contributed by atoms with Crippen molar-refractivity contribution >= 4 is 15.7 Å². The monoisotopic (exact) mass is 267 g/mol. The summed E-state index contributed by atoms with van der Waals surface area (Å²) >= 11 is 0. The Morgan fingerprint density at radius 3 is 2.35 bits per heavy atom. The molecule has 0 aliphatic carbocycles. The van der Waals surface area contributed by atoms with Crippen molar-refractivity contribution in [3.63, 3.8) is 0 Å². The molecule has 0 rings (SSSR count). The van der Waals surface area contributed by atoms with E-state index in [2.05, 4.69) is 5.32 Å². The van der Waals surface area contributed by atoms with Gasteiger partial charge in [0.2, 0.25) is 5.91 Å². The molecule has 1 amide bonds. The van der Waals surface area contributed by atoms with Crippen LogP contribution in [0.25, 0.3) is 0 Å². The zero-order chi connectivity index (χ0) is 13.5. The van der Waals surface area contributed by atoms with Crippen molar-refractivity contribution in [3.05, 3.63) is 0 Å². The number of amides is 1. The Balaban J connectivity index is 3.92. The lowest BCUT2D eigenvalue weighted by atomic mass is 10.2. The fourth-order valence-electron chi connectivity index (χ4n) is 0.801. The first-order valence-electron chi connectivity index (χ1n) is 5.23. The molecule has 0 aromatic rings. The summed E-state index contributed by atoms with van der Waals surface area (Å²) in [5, 5.41) is 2.52. The maximum Gasteiger partial charge on any atom is 0.246 e. The molecule has 0 saturated carbocycles. The molecule has 0 aromatic heterocycles. The highest BCUT2D eigenvalue weighted by atomic mass is 32.2. The Morgan fingerprint density at radius 1 is 1.29 bits per heavy atom. The van der Waals surface area contributed by atoms with Crippen LogP contribution in [0.1, 0.15) is 13.8 Å². The van der Waals surface area contributed by atoms with Crippen LogP contribution in [-0.4, -0.2) is 58.8 Å². The Kier molecular flexibility index (Phi) is 6.66. The summed E-state index contributed by atoms with van der Waals surface area (Å²) in [4.78, 5) is 11.3. The van der Waals surface area contributed by atoms with E-state index in [1.54, 1.807) is 13.8 Å². The minimum atomic E-state index is -3.20. The number of carbonyl (C=O) groups excluding carboxylic acids is 1. The van der Waals surface area contributed by atoms with Gasteiger partial charge in [-0.2, -0.15) is 0 Å². The number of hydrogen-bond donors (Lipinski definition) is 1. The molecule has 0 spiro atoms. The largest absolute Gasteiger partial charge is 0.382 e. The molecule has 0 unspecified atom stereocenters. The molecule has 0 aliphatic heterocycles. The molecule has 17 heavy (non-hydrogen) atoms. The van der Waals surface area contributed by atoms with E-state index >= 15 is 0 Å². The van der Waals surface area contributed by atoms with Crippen LogP contribution in [0.2, 0.25) is 0 Å². The quantitative estimate of drug-likeness (QED) is 0.605. The van der Waals surface area contributed by atoms with Gasteiger partial charge in [0.25, 0.3) is 0 Å². The predicted octanol–water partition coefficient (Wildman–Crippen LogP) is -0.411. The third-order valence-corrected chi connectivity index (χ3v) is 4.53. The van der Waals surface area contributed by atoms with Crippen LogP contribution in [0, 0.1) is 0 Å². The van der Waals surface area contributed by atoms with Gasteiger partial charge in [-0.15, -0.1) is 0 Å². The average Bonchev–Trinajstić information content (AvgIpc) is 2.20. The van der Waals surface area contributed by atoms with E-state index in [1.165, 1.54) is 7.11 Å². The first-order chi connectivity index (χ1) is 7.70. The molecule has 0 atom stereocenters. The van der Waals surface area contributed by atoms with Crippen LogP contribution in [0.15, 0.2) is 0 Å². The van der Waals surface area contributed by atoms with Gasteiger partial charge in [-0.1, -0.05) is 0 Å². The highest BCUT2D eigenvalue weighted by molar-refractivity contribution is 7.92. The van der Waals surface area contributed by atoms with Crippen LogP contribution >= 0.6 is 0 Å². The van der Waals surface area contributed by atoms with E-state index in [9.17, 15) is 13.2 Å². The van der Waals surface area contributed by atoms with E-state index in [0.29, 0.717) is 13.2 Å². The summed E-state index contributed by atoms with van der Waals surface area (Å²) in [6.45, 7) is 3.85. The first kappa shape index (κ1) is 16.3. The molecule has 0 aliphatic rings. The summed E-state index contributed by atoms with van der Waals surface area (Å²) in [6, 6.07) is 0. The van der Waals surface area contributed by atoms with Crippen molar-refractivity contribution in [2.75, 3.05) is 39.7 Å². The van der Waals surface area contributed by atoms with Crippen molar-refractivity contribution in [3.8, 4) is 0 Å². The molecule has 6 nitrogen and oxygen atoms in total. The highest BCUT2D eigenvalue weighted by Crippen LogP contribution is 2.13. The van der Waals surface area contributed by atoms with Crippen LogP contribution in [0.5, 0.6) is 0 Å². The van der Waals surface area contributed by atoms with Crippen molar-refractivity contribution in [1.29, 1.82) is 0 Å². The second-order valence-electron chi connectivity index (χ2n) is 4.35. The van der Waals surface area contributed by atoms with Crippen molar-refractivity contribution in [2.45, 2.75) is 18.6 Å². The normalized spacial score (nSPS) is 12.5. The summed E-state index contributed by atoms with van der Waals surface area (Å²) in [6.07, 6.45) is 1.15. The molecule has 1 N–H and O–H groups in total. The number of ether oxygens (including phenoxy) is 2. The van der Waals surface area contributed by atoms with Gasteiger partial charge in [0.05, 0.1) is 18.0 Å². The van der Waals surface area contributed by atoms with E-state index in [-0.39, 0.29) is 19.1 Å². The topological polar surface area (TPSA) is 81.7 Å². The second-order valence-corrected chi connectivity index (χ2v) is 7.00. The molecular formula is C10H21NO5S. The Hall–Kier alpha value is -0.660. The lowest BCUT2D eigenvalue weighted by molar-refractivity contribution is -0.126. The standard InChI is InChI=1S/C10H21NO5S/c1-10(2,17(4,13)14)8-11-9(12)7-16-6-5-15-3/h5-8H2,1-4H3,(H,11,12). The van der Waals surface area contributed by atoms with E-state index in [1.807, 2.05) is 0 Å². The van der Waals surface area contributed by atoms with Crippen molar-refractivity contribution < 1.29 is 22.7 Å². The van der Waals surface area contributed by atoms with Gasteiger partial charge in [0.15, 0.2) is 9.84 Å². The number of methoxy groups -OCH3 is 1. The molecule has 0 radical (unpaired) electrons. The molecule has 0 aromatic carbocycles. The predicted molar refractivity (Wildman–Crippen MR) is 64.6 cm³/mol. The fraction of sp³-hybridized carbons (Fsp3) is 0.900. The van der Waals surface area contributed by atoms with Crippen LogP contribution < -0.4 is 5.32 Å². The maximum absolute atomic E-state index is 11.4. The van der Waals surface area contributed by atoms with Gasteiger partial charge < -0.3 is 14.8 Å². The zero-order valence-corrected chi connectivity index (χ0v) is 11.6. The minimum Gasteiger partial charge on any atom is -0.382 e.